The number of nitrogens with zero attached hydrogens (tertiary/aromatic N) is 1. The summed E-state index contributed by atoms with van der Waals surface area (Å²) in [5, 5.41) is 2.69. The molecule has 9 nitrogen and oxygen atoms in total. The number of methoxy groups -OCH3 is 1. The van der Waals surface area contributed by atoms with E-state index in [1.54, 1.807) is 18.2 Å². The molecule has 1 amide bonds. The highest BCUT2D eigenvalue weighted by molar-refractivity contribution is 7.92. The number of piperidine rings is 1. The van der Waals surface area contributed by atoms with Crippen LogP contribution in [-0.4, -0.2) is 47.2 Å². The van der Waals surface area contributed by atoms with Crippen molar-refractivity contribution in [2.24, 2.45) is 0 Å². The van der Waals surface area contributed by atoms with Crippen LogP contribution >= 0.6 is 11.6 Å². The minimum absolute atomic E-state index is 0.0234. The lowest BCUT2D eigenvalue weighted by Crippen LogP contribution is -2.35. The van der Waals surface area contributed by atoms with Crippen molar-refractivity contribution in [3.63, 3.8) is 0 Å². The number of hydrogen-bond acceptors (Lipinski definition) is 6. The van der Waals surface area contributed by atoms with E-state index in [1.165, 1.54) is 59.9 Å². The van der Waals surface area contributed by atoms with Crippen LogP contribution < -0.4 is 14.8 Å². The predicted octanol–water partition coefficient (Wildman–Crippen LogP) is 4.58. The van der Waals surface area contributed by atoms with E-state index in [0.717, 1.165) is 19.3 Å². The van der Waals surface area contributed by atoms with Crippen molar-refractivity contribution in [1.29, 1.82) is 0 Å². The maximum absolute atomic E-state index is 13.2. The van der Waals surface area contributed by atoms with Gasteiger partial charge in [-0.1, -0.05) is 36.2 Å². The molecule has 0 radical (unpaired) electrons. The fourth-order valence-electron chi connectivity index (χ4n) is 3.95. The predicted molar refractivity (Wildman–Crippen MR) is 142 cm³/mol. The van der Waals surface area contributed by atoms with Crippen LogP contribution in [0.15, 0.2) is 76.5 Å². The first-order chi connectivity index (χ1) is 17.6. The van der Waals surface area contributed by atoms with E-state index in [4.69, 9.17) is 16.3 Å². The standard InChI is InChI=1S/C25H26ClN3O6S2/c1-35-23-13-11-19(17-24(23)37(33,34)29-14-6-3-7-15-29)27-25(30)18-10-12-22(21(26)16-18)28-36(31,32)20-8-4-2-5-9-20/h2,4-5,8-13,16-17,28H,3,6-7,14-15H2,1H3,(H,27,30). The van der Waals surface area contributed by atoms with E-state index in [1.807, 2.05) is 0 Å². The fraction of sp³-hybridized carbons (Fsp3) is 0.240. The molecule has 0 spiro atoms. The number of rotatable bonds is 8. The third-order valence-electron chi connectivity index (χ3n) is 5.88. The molecule has 0 saturated carbocycles. The third-order valence-corrected chi connectivity index (χ3v) is 9.50. The Labute approximate surface area is 221 Å². The molecule has 3 aromatic rings. The van der Waals surface area contributed by atoms with E-state index in [-0.39, 0.29) is 37.5 Å². The number of halogens is 1. The maximum atomic E-state index is 13.2. The zero-order valence-electron chi connectivity index (χ0n) is 20.0. The van der Waals surface area contributed by atoms with Gasteiger partial charge in [0.15, 0.2) is 0 Å². The lowest BCUT2D eigenvalue weighted by molar-refractivity contribution is 0.102. The van der Waals surface area contributed by atoms with Gasteiger partial charge in [-0.15, -0.1) is 0 Å². The molecule has 1 aliphatic heterocycles. The van der Waals surface area contributed by atoms with Crippen molar-refractivity contribution in [2.75, 3.05) is 30.2 Å². The number of hydrogen-bond donors (Lipinski definition) is 2. The molecule has 2 N–H and O–H groups in total. The summed E-state index contributed by atoms with van der Waals surface area (Å²) in [7, 11) is -6.28. The van der Waals surface area contributed by atoms with Gasteiger partial charge in [0.05, 0.1) is 22.7 Å². The zero-order valence-corrected chi connectivity index (χ0v) is 22.4. The smallest absolute Gasteiger partial charge is 0.261 e. The SMILES string of the molecule is COc1ccc(NC(=O)c2ccc(NS(=O)(=O)c3ccccc3)c(Cl)c2)cc1S(=O)(=O)N1CCCCC1. The molecule has 0 bridgehead atoms. The van der Waals surface area contributed by atoms with Gasteiger partial charge in [-0.05, 0) is 61.4 Å². The van der Waals surface area contributed by atoms with Gasteiger partial charge in [-0.3, -0.25) is 9.52 Å². The summed E-state index contributed by atoms with van der Waals surface area (Å²) in [6, 6.07) is 16.3. The molecule has 3 aromatic carbocycles. The lowest BCUT2D eigenvalue weighted by atomic mass is 10.2. The second kappa shape index (κ2) is 11.1. The molecular formula is C25H26ClN3O6S2. The number of nitrogens with one attached hydrogen (secondary N) is 2. The number of ether oxygens (including phenoxy) is 1. The summed E-state index contributed by atoms with van der Waals surface area (Å²) in [5.41, 5.74) is 0.525. The molecule has 0 aliphatic carbocycles. The molecule has 1 heterocycles. The first kappa shape index (κ1) is 26.9. The molecule has 0 aromatic heterocycles. The van der Waals surface area contributed by atoms with Crippen LogP contribution in [0.2, 0.25) is 5.02 Å². The van der Waals surface area contributed by atoms with Crippen molar-refractivity contribution in [3.8, 4) is 5.75 Å². The second-order valence-electron chi connectivity index (χ2n) is 8.40. The van der Waals surface area contributed by atoms with E-state index in [9.17, 15) is 21.6 Å². The van der Waals surface area contributed by atoms with Gasteiger partial charge in [-0.2, -0.15) is 4.31 Å². The van der Waals surface area contributed by atoms with Crippen LogP contribution in [0.4, 0.5) is 11.4 Å². The van der Waals surface area contributed by atoms with Crippen LogP contribution in [0, 0.1) is 0 Å². The summed E-state index contributed by atoms with van der Waals surface area (Å²) < 4.78 is 60.7. The summed E-state index contributed by atoms with van der Waals surface area (Å²) in [6.45, 7) is 0.863. The number of sulfonamides is 2. The number of carbonyl (C=O) groups excluding carboxylic acids is 1. The Bertz CT molecular complexity index is 1510. The second-order valence-corrected chi connectivity index (χ2v) is 12.4. The van der Waals surface area contributed by atoms with E-state index in [2.05, 4.69) is 10.0 Å². The Hall–Kier alpha value is -3.12. The number of anilines is 2. The minimum atomic E-state index is -3.86. The topological polar surface area (TPSA) is 122 Å². The van der Waals surface area contributed by atoms with E-state index < -0.39 is 26.0 Å². The molecule has 4 rings (SSSR count). The number of carbonyl (C=O) groups is 1. The Kier molecular flexibility index (Phi) is 8.08. The summed E-state index contributed by atoms with van der Waals surface area (Å²) in [4.78, 5) is 12.9. The molecule has 37 heavy (non-hydrogen) atoms. The van der Waals surface area contributed by atoms with Crippen molar-refractivity contribution in [2.45, 2.75) is 29.1 Å². The Morgan fingerprint density at radius 1 is 0.919 bits per heavy atom. The zero-order chi connectivity index (χ0) is 26.6. The molecule has 12 heteroatoms. The first-order valence-electron chi connectivity index (χ1n) is 11.5. The van der Waals surface area contributed by atoms with Gasteiger partial charge < -0.3 is 10.1 Å². The van der Waals surface area contributed by atoms with Crippen LogP contribution in [0.25, 0.3) is 0 Å². The van der Waals surface area contributed by atoms with Gasteiger partial charge in [0, 0.05) is 24.3 Å². The van der Waals surface area contributed by atoms with Crippen LogP contribution in [0.3, 0.4) is 0 Å². The number of amides is 1. The van der Waals surface area contributed by atoms with Gasteiger partial charge in [0.2, 0.25) is 10.0 Å². The number of benzene rings is 3. The van der Waals surface area contributed by atoms with Gasteiger partial charge in [-0.25, -0.2) is 16.8 Å². The summed E-state index contributed by atoms with van der Waals surface area (Å²) in [6.07, 6.45) is 2.56. The molecule has 0 atom stereocenters. The highest BCUT2D eigenvalue weighted by Crippen LogP contribution is 2.32. The highest BCUT2D eigenvalue weighted by atomic mass is 35.5. The average Bonchev–Trinajstić information content (AvgIpc) is 2.90. The van der Waals surface area contributed by atoms with Gasteiger partial charge in [0.25, 0.3) is 15.9 Å². The van der Waals surface area contributed by atoms with Crippen LogP contribution in [-0.2, 0) is 20.0 Å². The van der Waals surface area contributed by atoms with E-state index in [0.29, 0.717) is 13.1 Å². The fourth-order valence-corrected chi connectivity index (χ4v) is 7.03. The molecule has 0 unspecified atom stereocenters. The Morgan fingerprint density at radius 2 is 1.62 bits per heavy atom. The maximum Gasteiger partial charge on any atom is 0.261 e. The molecule has 1 saturated heterocycles. The molecule has 1 aliphatic rings. The quantitative estimate of drug-likeness (QED) is 0.414. The normalized spacial score (nSPS) is 14.6. The third kappa shape index (κ3) is 6.07. The van der Waals surface area contributed by atoms with Gasteiger partial charge in [0.1, 0.15) is 10.6 Å². The van der Waals surface area contributed by atoms with Crippen molar-refractivity contribution in [1.82, 2.24) is 4.31 Å². The first-order valence-corrected chi connectivity index (χ1v) is 14.8. The summed E-state index contributed by atoms with van der Waals surface area (Å²) >= 11 is 6.27. The van der Waals surface area contributed by atoms with E-state index >= 15 is 0 Å². The van der Waals surface area contributed by atoms with Crippen LogP contribution in [0.5, 0.6) is 5.75 Å². The van der Waals surface area contributed by atoms with Gasteiger partial charge >= 0.3 is 0 Å². The van der Waals surface area contributed by atoms with Crippen molar-refractivity contribution >= 4 is 48.9 Å². The lowest BCUT2D eigenvalue weighted by Gasteiger charge is -2.26. The molecule has 196 valence electrons. The Balaban J connectivity index is 1.54. The van der Waals surface area contributed by atoms with Crippen molar-refractivity contribution < 1.29 is 26.4 Å². The largest absolute Gasteiger partial charge is 0.495 e. The monoisotopic (exact) mass is 563 g/mol. The molecule has 1 fully saturated rings. The highest BCUT2D eigenvalue weighted by Gasteiger charge is 2.29. The van der Waals surface area contributed by atoms with Crippen molar-refractivity contribution in [3.05, 3.63) is 77.3 Å². The summed E-state index contributed by atoms with van der Waals surface area (Å²) in [5.74, 6) is -0.368. The average molecular weight is 564 g/mol. The minimum Gasteiger partial charge on any atom is -0.495 e. The van der Waals surface area contributed by atoms with Crippen LogP contribution in [0.1, 0.15) is 29.6 Å². The molecular weight excluding hydrogens is 538 g/mol. The Morgan fingerprint density at radius 3 is 2.27 bits per heavy atom.